The van der Waals surface area contributed by atoms with Crippen LogP contribution in [0.25, 0.3) is 0 Å². The maximum Gasteiger partial charge on any atom is 0.247 e. The van der Waals surface area contributed by atoms with E-state index in [9.17, 15) is 4.79 Å². The molecule has 1 aliphatic heterocycles. The molecule has 0 unspecified atom stereocenters. The average molecular weight is 266 g/mol. The molecule has 1 amide bonds. The summed E-state index contributed by atoms with van der Waals surface area (Å²) in [5.74, 6) is -0.0128. The molecule has 20 heavy (non-hydrogen) atoms. The second kappa shape index (κ2) is 4.76. The lowest BCUT2D eigenvalue weighted by molar-refractivity contribution is -0.126. The number of β-lactam (4-membered cyclic amide) rings is 1. The van der Waals surface area contributed by atoms with E-state index in [1.807, 2.05) is 38.1 Å². The zero-order valence-electron chi connectivity index (χ0n) is 11.7. The van der Waals surface area contributed by atoms with E-state index < -0.39 is 6.04 Å². The van der Waals surface area contributed by atoms with Crippen molar-refractivity contribution in [3.8, 4) is 0 Å². The fraction of sp³-hybridized carbons (Fsp3) is 0.235. The van der Waals surface area contributed by atoms with Crippen molar-refractivity contribution in [1.29, 1.82) is 0 Å². The smallest absolute Gasteiger partial charge is 0.247 e. The topological polar surface area (TPSA) is 46.3 Å². The third-order valence-electron chi connectivity index (χ3n) is 3.84. The summed E-state index contributed by atoms with van der Waals surface area (Å²) in [6.07, 6.45) is 0. The van der Waals surface area contributed by atoms with E-state index in [0.717, 1.165) is 16.8 Å². The quantitative estimate of drug-likeness (QED) is 0.849. The first-order valence-corrected chi connectivity index (χ1v) is 6.80. The van der Waals surface area contributed by atoms with Crippen LogP contribution < -0.4 is 10.6 Å². The molecule has 3 heteroatoms. The van der Waals surface area contributed by atoms with Gasteiger partial charge in [-0.25, -0.2) is 0 Å². The Labute approximate surface area is 119 Å². The Morgan fingerprint density at radius 1 is 1.00 bits per heavy atom. The van der Waals surface area contributed by atoms with Crippen LogP contribution in [-0.4, -0.2) is 11.9 Å². The van der Waals surface area contributed by atoms with Gasteiger partial charge in [-0.15, -0.1) is 0 Å². The van der Waals surface area contributed by atoms with E-state index in [2.05, 4.69) is 24.3 Å². The molecule has 0 saturated carbocycles. The van der Waals surface area contributed by atoms with Crippen LogP contribution in [0.1, 0.15) is 22.7 Å². The van der Waals surface area contributed by atoms with Gasteiger partial charge in [-0.2, -0.15) is 0 Å². The second-order valence-corrected chi connectivity index (χ2v) is 5.43. The third-order valence-corrected chi connectivity index (χ3v) is 3.84. The fourth-order valence-electron chi connectivity index (χ4n) is 2.70. The van der Waals surface area contributed by atoms with E-state index in [1.165, 1.54) is 5.56 Å². The van der Waals surface area contributed by atoms with Crippen molar-refractivity contribution in [2.45, 2.75) is 25.9 Å². The Kier molecular flexibility index (Phi) is 3.07. The summed E-state index contributed by atoms with van der Waals surface area (Å²) in [5.41, 5.74) is 10.4. The number of aryl methyl sites for hydroxylation is 2. The maximum absolute atomic E-state index is 12.1. The lowest BCUT2D eigenvalue weighted by atomic mass is 9.88. The summed E-state index contributed by atoms with van der Waals surface area (Å²) >= 11 is 0. The SMILES string of the molecule is Cc1ccc([C@H]2[C@@H](N)C(=O)N2c2cccc(C)c2)cc1. The lowest BCUT2D eigenvalue weighted by Crippen LogP contribution is -2.63. The Morgan fingerprint density at radius 3 is 2.35 bits per heavy atom. The van der Waals surface area contributed by atoms with Gasteiger partial charge in [-0.3, -0.25) is 4.79 Å². The Bertz CT molecular complexity index is 648. The second-order valence-electron chi connectivity index (χ2n) is 5.43. The van der Waals surface area contributed by atoms with E-state index in [1.54, 1.807) is 4.90 Å². The van der Waals surface area contributed by atoms with Crippen molar-refractivity contribution in [1.82, 2.24) is 0 Å². The van der Waals surface area contributed by atoms with Crippen molar-refractivity contribution in [3.05, 3.63) is 65.2 Å². The minimum atomic E-state index is -0.446. The molecule has 0 spiro atoms. The van der Waals surface area contributed by atoms with Gasteiger partial charge in [0.2, 0.25) is 5.91 Å². The largest absolute Gasteiger partial charge is 0.318 e. The molecule has 1 heterocycles. The van der Waals surface area contributed by atoms with Gasteiger partial charge in [-0.05, 0) is 37.1 Å². The molecule has 0 radical (unpaired) electrons. The zero-order chi connectivity index (χ0) is 14.3. The Morgan fingerprint density at radius 2 is 1.70 bits per heavy atom. The van der Waals surface area contributed by atoms with Crippen LogP contribution in [0.2, 0.25) is 0 Å². The number of hydrogen-bond acceptors (Lipinski definition) is 2. The van der Waals surface area contributed by atoms with Crippen molar-refractivity contribution in [2.75, 3.05) is 4.90 Å². The van der Waals surface area contributed by atoms with Crippen molar-refractivity contribution < 1.29 is 4.79 Å². The summed E-state index contributed by atoms with van der Waals surface area (Å²) in [6, 6.07) is 15.7. The highest BCUT2D eigenvalue weighted by Gasteiger charge is 2.46. The van der Waals surface area contributed by atoms with Gasteiger partial charge in [0, 0.05) is 5.69 Å². The standard InChI is InChI=1S/C17H18N2O/c1-11-6-8-13(9-7-11)16-15(18)17(20)19(16)14-5-3-4-12(2)10-14/h3-10,15-16H,18H2,1-2H3/t15-,16+/m1/s1. The first-order valence-electron chi connectivity index (χ1n) is 6.80. The molecule has 2 N–H and O–H groups in total. The molecule has 1 saturated heterocycles. The molecule has 0 aromatic heterocycles. The first kappa shape index (κ1) is 12.9. The number of rotatable bonds is 2. The van der Waals surface area contributed by atoms with Gasteiger partial charge < -0.3 is 10.6 Å². The minimum Gasteiger partial charge on any atom is -0.318 e. The number of amides is 1. The monoisotopic (exact) mass is 266 g/mol. The number of hydrogen-bond donors (Lipinski definition) is 1. The predicted octanol–water partition coefficient (Wildman–Crippen LogP) is 2.72. The van der Waals surface area contributed by atoms with E-state index >= 15 is 0 Å². The van der Waals surface area contributed by atoms with Gasteiger partial charge in [0.05, 0.1) is 6.04 Å². The average Bonchev–Trinajstić information content (AvgIpc) is 2.45. The molecule has 0 aliphatic carbocycles. The van der Waals surface area contributed by atoms with Crippen LogP contribution in [0.3, 0.4) is 0 Å². The van der Waals surface area contributed by atoms with E-state index in [0.29, 0.717) is 0 Å². The van der Waals surface area contributed by atoms with Crippen LogP contribution in [0.15, 0.2) is 48.5 Å². The molecule has 3 nitrogen and oxygen atoms in total. The summed E-state index contributed by atoms with van der Waals surface area (Å²) in [5, 5.41) is 0. The number of anilines is 1. The van der Waals surface area contributed by atoms with Crippen LogP contribution in [0.5, 0.6) is 0 Å². The number of carbonyl (C=O) groups is 1. The maximum atomic E-state index is 12.1. The number of nitrogens with zero attached hydrogens (tertiary/aromatic N) is 1. The number of nitrogens with two attached hydrogens (primary N) is 1. The highest BCUT2D eigenvalue weighted by Crippen LogP contribution is 2.38. The normalized spacial score (nSPS) is 21.8. The number of benzene rings is 2. The third kappa shape index (κ3) is 2.00. The van der Waals surface area contributed by atoms with Gasteiger partial charge in [0.1, 0.15) is 6.04 Å². The van der Waals surface area contributed by atoms with Crippen LogP contribution in [0, 0.1) is 13.8 Å². The fourth-order valence-corrected chi connectivity index (χ4v) is 2.70. The Hall–Kier alpha value is -2.13. The van der Waals surface area contributed by atoms with Gasteiger partial charge in [0.15, 0.2) is 0 Å². The molecule has 1 aliphatic rings. The van der Waals surface area contributed by atoms with Crippen molar-refractivity contribution >= 4 is 11.6 Å². The van der Waals surface area contributed by atoms with Gasteiger partial charge in [0.25, 0.3) is 0 Å². The van der Waals surface area contributed by atoms with Gasteiger partial charge in [-0.1, -0.05) is 42.0 Å². The van der Waals surface area contributed by atoms with E-state index in [4.69, 9.17) is 5.73 Å². The molecule has 2 atom stereocenters. The summed E-state index contributed by atoms with van der Waals surface area (Å²) in [4.78, 5) is 13.9. The minimum absolute atomic E-state index is 0.0128. The predicted molar refractivity (Wildman–Crippen MR) is 80.6 cm³/mol. The molecule has 102 valence electrons. The molecule has 0 bridgehead atoms. The molecule has 2 aromatic rings. The van der Waals surface area contributed by atoms with Gasteiger partial charge >= 0.3 is 0 Å². The van der Waals surface area contributed by atoms with Crippen molar-refractivity contribution in [2.24, 2.45) is 5.73 Å². The molecule has 1 fully saturated rings. The summed E-state index contributed by atoms with van der Waals surface area (Å²) < 4.78 is 0. The summed E-state index contributed by atoms with van der Waals surface area (Å²) in [7, 11) is 0. The Balaban J connectivity index is 1.97. The zero-order valence-corrected chi connectivity index (χ0v) is 11.7. The summed E-state index contributed by atoms with van der Waals surface area (Å²) in [6.45, 7) is 4.07. The van der Waals surface area contributed by atoms with Crippen LogP contribution in [-0.2, 0) is 4.79 Å². The highest BCUT2D eigenvalue weighted by molar-refractivity contribution is 6.05. The van der Waals surface area contributed by atoms with Crippen LogP contribution >= 0.6 is 0 Å². The highest BCUT2D eigenvalue weighted by atomic mass is 16.2. The lowest BCUT2D eigenvalue weighted by Gasteiger charge is -2.45. The van der Waals surface area contributed by atoms with Crippen molar-refractivity contribution in [3.63, 3.8) is 0 Å². The molecule has 3 rings (SSSR count). The molecular weight excluding hydrogens is 248 g/mol. The number of carbonyl (C=O) groups excluding carboxylic acids is 1. The van der Waals surface area contributed by atoms with E-state index in [-0.39, 0.29) is 11.9 Å². The first-order chi connectivity index (χ1) is 9.58. The molecule has 2 aromatic carbocycles. The van der Waals surface area contributed by atoms with Crippen LogP contribution in [0.4, 0.5) is 5.69 Å². The molecular formula is C17H18N2O.